The Kier molecular flexibility index (Phi) is 4.64. The van der Waals surface area contributed by atoms with Gasteiger partial charge in [0.25, 0.3) is 10.0 Å². The lowest BCUT2D eigenvalue weighted by molar-refractivity contribution is 0.123. The number of aryl methyl sites for hydroxylation is 2. The van der Waals surface area contributed by atoms with Crippen LogP contribution in [0.15, 0.2) is 52.2 Å². The van der Waals surface area contributed by atoms with E-state index in [-0.39, 0.29) is 10.6 Å². The lowest BCUT2D eigenvalue weighted by Gasteiger charge is -2.30. The van der Waals surface area contributed by atoms with Gasteiger partial charge >= 0.3 is 5.69 Å². The van der Waals surface area contributed by atoms with Crippen molar-refractivity contribution in [1.29, 1.82) is 0 Å². The first-order valence-corrected chi connectivity index (χ1v) is 10.5. The third-order valence-electron chi connectivity index (χ3n) is 5.04. The molecule has 0 saturated carbocycles. The van der Waals surface area contributed by atoms with Gasteiger partial charge in [0.1, 0.15) is 0 Å². The number of fused-ring (bicyclic) bond motifs is 1. The minimum absolute atomic E-state index is 0.161. The first-order valence-electron chi connectivity index (χ1n) is 8.98. The predicted octanol–water partition coefficient (Wildman–Crippen LogP) is 1.51. The highest BCUT2D eigenvalue weighted by molar-refractivity contribution is 7.92. The van der Waals surface area contributed by atoms with Crippen LogP contribution in [0.5, 0.6) is 0 Å². The Morgan fingerprint density at radius 3 is 2.21 bits per heavy atom. The zero-order chi connectivity index (χ0) is 19.9. The summed E-state index contributed by atoms with van der Waals surface area (Å²) in [5.74, 6) is 0. The van der Waals surface area contributed by atoms with Crippen LogP contribution in [0.1, 0.15) is 0 Å². The van der Waals surface area contributed by atoms with E-state index in [9.17, 15) is 13.2 Å². The molecule has 3 aromatic rings. The van der Waals surface area contributed by atoms with Crippen LogP contribution in [0.25, 0.3) is 11.0 Å². The second-order valence-corrected chi connectivity index (χ2v) is 8.46. The van der Waals surface area contributed by atoms with Crippen LogP contribution in [0.2, 0.25) is 0 Å². The van der Waals surface area contributed by atoms with E-state index in [1.807, 2.05) is 6.07 Å². The van der Waals surface area contributed by atoms with Crippen molar-refractivity contribution < 1.29 is 13.2 Å². The first kappa shape index (κ1) is 18.6. The second-order valence-electron chi connectivity index (χ2n) is 6.78. The van der Waals surface area contributed by atoms with Crippen LogP contribution in [0.3, 0.4) is 0 Å². The Morgan fingerprint density at radius 2 is 1.57 bits per heavy atom. The van der Waals surface area contributed by atoms with Crippen molar-refractivity contribution in [2.45, 2.75) is 4.90 Å². The maximum Gasteiger partial charge on any atom is 0.328 e. The van der Waals surface area contributed by atoms with E-state index in [4.69, 9.17) is 4.74 Å². The van der Waals surface area contributed by atoms with Crippen molar-refractivity contribution in [2.75, 3.05) is 35.9 Å². The van der Waals surface area contributed by atoms with Crippen molar-refractivity contribution in [3.05, 3.63) is 52.9 Å². The van der Waals surface area contributed by atoms with Crippen LogP contribution in [0.4, 0.5) is 11.4 Å². The zero-order valence-electron chi connectivity index (χ0n) is 15.8. The molecule has 1 fully saturated rings. The maximum absolute atomic E-state index is 12.9. The van der Waals surface area contributed by atoms with Gasteiger partial charge in [-0.25, -0.2) is 13.2 Å². The fraction of sp³-hybridized carbons (Fsp3) is 0.316. The fourth-order valence-corrected chi connectivity index (χ4v) is 4.57. The summed E-state index contributed by atoms with van der Waals surface area (Å²) < 4.78 is 37.0. The van der Waals surface area contributed by atoms with Gasteiger partial charge in [-0.3, -0.25) is 13.9 Å². The third-order valence-corrected chi connectivity index (χ3v) is 6.42. The summed E-state index contributed by atoms with van der Waals surface area (Å²) in [6.45, 7) is 2.42. The standard InChI is InChI=1S/C19H22N4O4S/c1-21-17-12-15(20-28(25,26)14-6-4-3-5-7-14)16(23-8-10-27-11-9-23)13-18(17)22(2)19(21)24/h3-7,12-13,20H,8-11H2,1-2H3. The number of nitrogens with zero attached hydrogens (tertiary/aromatic N) is 3. The van der Waals surface area contributed by atoms with Crippen molar-refractivity contribution in [3.8, 4) is 0 Å². The largest absolute Gasteiger partial charge is 0.378 e. The molecule has 1 saturated heterocycles. The van der Waals surface area contributed by atoms with Gasteiger partial charge < -0.3 is 9.64 Å². The van der Waals surface area contributed by atoms with E-state index >= 15 is 0 Å². The summed E-state index contributed by atoms with van der Waals surface area (Å²) in [4.78, 5) is 14.6. The van der Waals surface area contributed by atoms with Gasteiger partial charge in [-0.05, 0) is 24.3 Å². The highest BCUT2D eigenvalue weighted by Gasteiger charge is 2.22. The summed E-state index contributed by atoms with van der Waals surface area (Å²) in [5, 5.41) is 0. The van der Waals surface area contributed by atoms with Crippen LogP contribution >= 0.6 is 0 Å². The second kappa shape index (κ2) is 6.99. The molecule has 4 rings (SSSR count). The summed E-state index contributed by atoms with van der Waals surface area (Å²) in [6.07, 6.45) is 0. The zero-order valence-corrected chi connectivity index (χ0v) is 16.6. The normalized spacial score (nSPS) is 15.1. The third kappa shape index (κ3) is 3.16. The number of rotatable bonds is 4. The van der Waals surface area contributed by atoms with Gasteiger partial charge in [0.2, 0.25) is 0 Å². The summed E-state index contributed by atoms with van der Waals surface area (Å²) >= 11 is 0. The Hall–Kier alpha value is -2.78. The molecule has 0 radical (unpaired) electrons. The number of sulfonamides is 1. The Morgan fingerprint density at radius 1 is 0.964 bits per heavy atom. The van der Waals surface area contributed by atoms with Crippen LogP contribution in [-0.4, -0.2) is 43.9 Å². The molecule has 2 heterocycles. The van der Waals surface area contributed by atoms with E-state index in [0.29, 0.717) is 37.5 Å². The van der Waals surface area contributed by atoms with Crippen molar-refractivity contribution in [2.24, 2.45) is 14.1 Å². The molecular weight excluding hydrogens is 380 g/mol. The van der Waals surface area contributed by atoms with Gasteiger partial charge in [0, 0.05) is 27.2 Å². The first-order chi connectivity index (χ1) is 13.4. The smallest absolute Gasteiger partial charge is 0.328 e. The van der Waals surface area contributed by atoms with Gasteiger partial charge in [0.15, 0.2) is 0 Å². The molecule has 1 aliphatic rings. The Bertz CT molecular complexity index is 1180. The summed E-state index contributed by atoms with van der Waals surface area (Å²) in [6, 6.07) is 11.8. The van der Waals surface area contributed by atoms with E-state index in [2.05, 4.69) is 9.62 Å². The Balaban J connectivity index is 1.87. The Labute approximate surface area is 163 Å². The van der Waals surface area contributed by atoms with Crippen molar-refractivity contribution in [3.63, 3.8) is 0 Å². The number of imidazole rings is 1. The highest BCUT2D eigenvalue weighted by atomic mass is 32.2. The molecule has 1 N–H and O–H groups in total. The van der Waals surface area contributed by atoms with Crippen LogP contribution < -0.4 is 15.3 Å². The molecule has 0 amide bonds. The molecule has 0 unspecified atom stereocenters. The predicted molar refractivity (Wildman–Crippen MR) is 108 cm³/mol. The molecule has 1 aromatic heterocycles. The number of hydrogen-bond donors (Lipinski definition) is 1. The van der Waals surface area contributed by atoms with E-state index in [1.165, 1.54) is 4.57 Å². The molecule has 0 atom stereocenters. The molecule has 0 spiro atoms. The number of aromatic nitrogens is 2. The minimum Gasteiger partial charge on any atom is -0.378 e. The number of benzene rings is 2. The van der Waals surface area contributed by atoms with Crippen molar-refractivity contribution in [1.82, 2.24) is 9.13 Å². The molecule has 0 aliphatic carbocycles. The highest BCUT2D eigenvalue weighted by Crippen LogP contribution is 2.33. The minimum atomic E-state index is -3.76. The average molecular weight is 402 g/mol. The van der Waals surface area contributed by atoms with Gasteiger partial charge in [0.05, 0.1) is 40.5 Å². The molecule has 0 bridgehead atoms. The lowest BCUT2D eigenvalue weighted by atomic mass is 10.2. The summed E-state index contributed by atoms with van der Waals surface area (Å²) in [5.41, 5.74) is 2.42. The van der Waals surface area contributed by atoms with Crippen molar-refractivity contribution >= 4 is 32.4 Å². The molecule has 1 aliphatic heterocycles. The molecular formula is C19H22N4O4S. The summed E-state index contributed by atoms with van der Waals surface area (Å²) in [7, 11) is -0.376. The van der Waals surface area contributed by atoms with Crippen LogP contribution in [-0.2, 0) is 28.9 Å². The van der Waals surface area contributed by atoms with Gasteiger partial charge in [-0.15, -0.1) is 0 Å². The SMILES string of the molecule is Cn1c(=O)n(C)c2cc(N3CCOCC3)c(NS(=O)(=O)c3ccccc3)cc21. The van der Waals surface area contributed by atoms with Gasteiger partial charge in [-0.2, -0.15) is 0 Å². The number of anilines is 2. The number of nitrogens with one attached hydrogen (secondary N) is 1. The molecule has 28 heavy (non-hydrogen) atoms. The molecule has 8 nitrogen and oxygen atoms in total. The number of hydrogen-bond acceptors (Lipinski definition) is 5. The topological polar surface area (TPSA) is 85.6 Å². The van der Waals surface area contributed by atoms with Gasteiger partial charge in [-0.1, -0.05) is 18.2 Å². The van der Waals surface area contributed by atoms with E-state index in [1.54, 1.807) is 55.1 Å². The number of morpholine rings is 1. The fourth-order valence-electron chi connectivity index (χ4n) is 3.49. The molecule has 9 heteroatoms. The lowest BCUT2D eigenvalue weighted by Crippen LogP contribution is -2.36. The maximum atomic E-state index is 12.9. The molecule has 148 valence electrons. The average Bonchev–Trinajstić information content (AvgIpc) is 2.92. The number of ether oxygens (including phenoxy) is 1. The van der Waals surface area contributed by atoms with E-state index in [0.717, 1.165) is 11.2 Å². The monoisotopic (exact) mass is 402 g/mol. The van der Waals surface area contributed by atoms with E-state index < -0.39 is 10.0 Å². The quantitative estimate of drug-likeness (QED) is 0.715. The molecule has 2 aromatic carbocycles. The van der Waals surface area contributed by atoms with Crippen LogP contribution in [0, 0.1) is 0 Å².